The van der Waals surface area contributed by atoms with Crippen LogP contribution < -0.4 is 0 Å². The number of aliphatic hydroxyl groups excluding tert-OH is 1. The molecule has 4 atom stereocenters. The van der Waals surface area contributed by atoms with Crippen molar-refractivity contribution in [1.82, 2.24) is 4.90 Å². The van der Waals surface area contributed by atoms with Crippen molar-refractivity contribution in [2.75, 3.05) is 32.8 Å². The van der Waals surface area contributed by atoms with Gasteiger partial charge in [-0.05, 0) is 69.4 Å². The summed E-state index contributed by atoms with van der Waals surface area (Å²) in [5, 5.41) is 10.0. The first-order valence-electron chi connectivity index (χ1n) is 8.79. The van der Waals surface area contributed by atoms with Crippen LogP contribution in [-0.2, 0) is 4.74 Å². The van der Waals surface area contributed by atoms with Crippen LogP contribution in [0.3, 0.4) is 0 Å². The third-order valence-electron chi connectivity index (χ3n) is 5.75. The van der Waals surface area contributed by atoms with Gasteiger partial charge in [0.2, 0.25) is 0 Å². The lowest BCUT2D eigenvalue weighted by atomic mass is 9.87. The molecule has 1 N–H and O–H groups in total. The van der Waals surface area contributed by atoms with Gasteiger partial charge in [0.1, 0.15) is 0 Å². The fourth-order valence-electron chi connectivity index (χ4n) is 4.68. The molecule has 1 aliphatic heterocycles. The molecular weight excluding hydrogens is 250 g/mol. The van der Waals surface area contributed by atoms with Gasteiger partial charge in [-0.25, -0.2) is 0 Å². The molecule has 2 bridgehead atoms. The van der Waals surface area contributed by atoms with Crippen LogP contribution in [-0.4, -0.2) is 49.0 Å². The second kappa shape index (κ2) is 7.24. The van der Waals surface area contributed by atoms with E-state index in [0.29, 0.717) is 6.61 Å². The third kappa shape index (κ3) is 3.96. The smallest absolute Gasteiger partial charge is 0.0900 e. The maximum absolute atomic E-state index is 10.0. The highest BCUT2D eigenvalue weighted by Gasteiger charge is 2.38. The normalized spacial score (nSPS) is 35.5. The number of β-amino-alcohol motifs (C(OH)–C–C–N with tert-alkyl or cyclic N) is 1. The number of nitrogens with zero attached hydrogens (tertiary/aromatic N) is 1. The molecule has 0 amide bonds. The minimum atomic E-state index is -0.298. The molecule has 0 spiro atoms. The Morgan fingerprint density at radius 1 is 1.10 bits per heavy atom. The average Bonchev–Trinajstić information content (AvgIpc) is 3.07. The lowest BCUT2D eigenvalue weighted by Gasteiger charge is -2.28. The van der Waals surface area contributed by atoms with Crippen LogP contribution in [0.2, 0.25) is 0 Å². The van der Waals surface area contributed by atoms with Gasteiger partial charge in [0.05, 0.1) is 12.7 Å². The number of hydrogen-bond acceptors (Lipinski definition) is 3. The monoisotopic (exact) mass is 281 g/mol. The number of likely N-dealkylation sites (tertiary alicyclic amines) is 1. The minimum Gasteiger partial charge on any atom is -0.389 e. The molecule has 1 heterocycles. The second-order valence-corrected chi connectivity index (χ2v) is 7.31. The van der Waals surface area contributed by atoms with Gasteiger partial charge in [-0.2, -0.15) is 0 Å². The Kier molecular flexibility index (Phi) is 5.36. The predicted molar refractivity (Wildman–Crippen MR) is 80.7 cm³/mol. The Labute approximate surface area is 123 Å². The van der Waals surface area contributed by atoms with Crippen LogP contribution in [0, 0.1) is 17.8 Å². The fourth-order valence-corrected chi connectivity index (χ4v) is 4.68. The van der Waals surface area contributed by atoms with Gasteiger partial charge in [-0.3, -0.25) is 0 Å². The first-order chi connectivity index (χ1) is 9.81. The topological polar surface area (TPSA) is 32.7 Å². The number of rotatable bonds is 7. The standard InChI is InChI=1S/C17H31NO2/c19-17(12-18-7-2-1-3-8-18)13-20-9-6-16-11-14-4-5-15(16)10-14/h14-17,19H,1-13H2/t14-,15-,16-,17+/m0/s1. The molecule has 0 aromatic carbocycles. The third-order valence-corrected chi connectivity index (χ3v) is 5.75. The van der Waals surface area contributed by atoms with Crippen molar-refractivity contribution in [2.24, 2.45) is 17.8 Å². The van der Waals surface area contributed by atoms with E-state index in [0.717, 1.165) is 44.0 Å². The van der Waals surface area contributed by atoms with E-state index < -0.39 is 0 Å². The maximum Gasteiger partial charge on any atom is 0.0900 e. The van der Waals surface area contributed by atoms with E-state index in [2.05, 4.69) is 4.90 Å². The van der Waals surface area contributed by atoms with E-state index in [-0.39, 0.29) is 6.10 Å². The van der Waals surface area contributed by atoms with Gasteiger partial charge in [-0.1, -0.05) is 12.8 Å². The number of aliphatic hydroxyl groups is 1. The highest BCUT2D eigenvalue weighted by molar-refractivity contribution is 4.89. The molecule has 116 valence electrons. The van der Waals surface area contributed by atoms with Crippen molar-refractivity contribution in [3.05, 3.63) is 0 Å². The predicted octanol–water partition coefficient (Wildman–Crippen LogP) is 2.68. The van der Waals surface area contributed by atoms with Gasteiger partial charge in [-0.15, -0.1) is 0 Å². The minimum absolute atomic E-state index is 0.298. The van der Waals surface area contributed by atoms with E-state index >= 15 is 0 Å². The lowest BCUT2D eigenvalue weighted by Crippen LogP contribution is -2.38. The molecule has 0 aromatic rings. The Hall–Kier alpha value is -0.120. The second-order valence-electron chi connectivity index (χ2n) is 7.31. The first kappa shape index (κ1) is 14.8. The molecule has 20 heavy (non-hydrogen) atoms. The summed E-state index contributed by atoms with van der Waals surface area (Å²) in [6.45, 7) is 4.49. The molecule has 3 aliphatic rings. The Morgan fingerprint density at radius 2 is 1.95 bits per heavy atom. The molecular formula is C17H31NO2. The zero-order valence-electron chi connectivity index (χ0n) is 12.8. The Bertz CT molecular complexity index is 291. The van der Waals surface area contributed by atoms with Crippen LogP contribution in [0.1, 0.15) is 51.4 Å². The van der Waals surface area contributed by atoms with E-state index in [1.165, 1.54) is 51.4 Å². The van der Waals surface area contributed by atoms with Gasteiger partial charge in [0.25, 0.3) is 0 Å². The lowest BCUT2D eigenvalue weighted by molar-refractivity contribution is 0.00805. The molecule has 1 saturated heterocycles. The molecule has 3 fully saturated rings. The van der Waals surface area contributed by atoms with Crippen molar-refractivity contribution in [2.45, 2.75) is 57.5 Å². The van der Waals surface area contributed by atoms with Crippen LogP contribution in [0.15, 0.2) is 0 Å². The number of piperidine rings is 1. The van der Waals surface area contributed by atoms with Crippen molar-refractivity contribution >= 4 is 0 Å². The molecule has 3 rings (SSSR count). The summed E-state index contributed by atoms with van der Waals surface area (Å²) in [6.07, 6.45) is 10.7. The first-order valence-corrected chi connectivity index (χ1v) is 8.79. The largest absolute Gasteiger partial charge is 0.389 e. The van der Waals surface area contributed by atoms with E-state index in [9.17, 15) is 5.11 Å². The molecule has 3 heteroatoms. The molecule has 2 aliphatic carbocycles. The van der Waals surface area contributed by atoms with Gasteiger partial charge in [0, 0.05) is 13.2 Å². The summed E-state index contributed by atoms with van der Waals surface area (Å²) < 4.78 is 5.73. The van der Waals surface area contributed by atoms with Crippen molar-refractivity contribution < 1.29 is 9.84 Å². The number of ether oxygens (including phenoxy) is 1. The van der Waals surface area contributed by atoms with Crippen LogP contribution in [0.5, 0.6) is 0 Å². The SMILES string of the molecule is O[C@@H](COCC[C@H]1C[C@H]2CC[C@H]1C2)CN1CCCCC1. The summed E-state index contributed by atoms with van der Waals surface area (Å²) >= 11 is 0. The molecule has 0 radical (unpaired) electrons. The fraction of sp³-hybridized carbons (Fsp3) is 1.00. The summed E-state index contributed by atoms with van der Waals surface area (Å²) in [7, 11) is 0. The molecule has 3 nitrogen and oxygen atoms in total. The van der Waals surface area contributed by atoms with Crippen LogP contribution in [0.4, 0.5) is 0 Å². The average molecular weight is 281 g/mol. The van der Waals surface area contributed by atoms with Crippen LogP contribution in [0.25, 0.3) is 0 Å². The van der Waals surface area contributed by atoms with Crippen molar-refractivity contribution in [3.63, 3.8) is 0 Å². The van der Waals surface area contributed by atoms with E-state index in [1.54, 1.807) is 0 Å². The highest BCUT2D eigenvalue weighted by atomic mass is 16.5. The summed E-state index contributed by atoms with van der Waals surface area (Å²) in [4.78, 5) is 2.38. The zero-order valence-corrected chi connectivity index (χ0v) is 12.8. The molecule has 0 unspecified atom stereocenters. The number of fused-ring (bicyclic) bond motifs is 2. The number of hydrogen-bond donors (Lipinski definition) is 1. The zero-order chi connectivity index (χ0) is 13.8. The van der Waals surface area contributed by atoms with Gasteiger partial charge >= 0.3 is 0 Å². The quantitative estimate of drug-likeness (QED) is 0.728. The molecule has 0 aromatic heterocycles. The highest BCUT2D eigenvalue weighted by Crippen LogP contribution is 2.49. The summed E-state index contributed by atoms with van der Waals surface area (Å²) in [6, 6.07) is 0. The van der Waals surface area contributed by atoms with Gasteiger partial charge in [0.15, 0.2) is 0 Å². The maximum atomic E-state index is 10.0. The van der Waals surface area contributed by atoms with Gasteiger partial charge < -0.3 is 14.7 Å². The molecule has 2 saturated carbocycles. The van der Waals surface area contributed by atoms with Crippen LogP contribution >= 0.6 is 0 Å². The summed E-state index contributed by atoms with van der Waals surface area (Å²) in [5.41, 5.74) is 0. The van der Waals surface area contributed by atoms with E-state index in [1.807, 2.05) is 0 Å². The van der Waals surface area contributed by atoms with Crippen molar-refractivity contribution in [1.29, 1.82) is 0 Å². The summed E-state index contributed by atoms with van der Waals surface area (Å²) in [5.74, 6) is 2.96. The Balaban J connectivity index is 1.24. The van der Waals surface area contributed by atoms with Crippen molar-refractivity contribution in [3.8, 4) is 0 Å². The Morgan fingerprint density at radius 3 is 2.65 bits per heavy atom. The van der Waals surface area contributed by atoms with E-state index in [4.69, 9.17) is 4.74 Å².